The van der Waals surface area contributed by atoms with E-state index < -0.39 is 6.09 Å². The lowest BCUT2D eigenvalue weighted by Gasteiger charge is -2.24. The van der Waals surface area contributed by atoms with Crippen molar-refractivity contribution < 1.29 is 9.90 Å². The predicted molar refractivity (Wildman–Crippen MR) is 95.7 cm³/mol. The highest BCUT2D eigenvalue weighted by molar-refractivity contribution is 5.79. The van der Waals surface area contributed by atoms with Crippen molar-refractivity contribution in [2.24, 2.45) is 0 Å². The molecule has 1 aromatic heterocycles. The van der Waals surface area contributed by atoms with Gasteiger partial charge in [0.05, 0.1) is 12.0 Å². The van der Waals surface area contributed by atoms with Gasteiger partial charge in [0.1, 0.15) is 0 Å². The third-order valence-corrected chi connectivity index (χ3v) is 4.92. The van der Waals surface area contributed by atoms with Gasteiger partial charge in [0.2, 0.25) is 0 Å². The molecule has 2 aromatic carbocycles. The number of fused-ring (bicyclic) bond motifs is 3. The summed E-state index contributed by atoms with van der Waals surface area (Å²) in [5, 5.41) is 11.4. The standard InChI is InChI=1S/C20H19N3O2/c24-20(25)22-10-9-17(18-11-21-12-23-18)19-15-7-3-1-5-13(15)14-6-2-4-8-16(14)19/h1-8,11-12,17,19,22H,9-10H2,(H,21,23)(H,24,25). The summed E-state index contributed by atoms with van der Waals surface area (Å²) in [6, 6.07) is 16.9. The maximum atomic E-state index is 10.9. The molecule has 0 saturated carbocycles. The third kappa shape index (κ3) is 2.78. The van der Waals surface area contributed by atoms with Crippen molar-refractivity contribution in [2.75, 3.05) is 6.54 Å². The van der Waals surface area contributed by atoms with Crippen LogP contribution in [0.1, 0.15) is 35.1 Å². The zero-order valence-corrected chi connectivity index (χ0v) is 13.6. The van der Waals surface area contributed by atoms with E-state index >= 15 is 0 Å². The molecular formula is C20H19N3O2. The molecule has 0 aliphatic heterocycles. The predicted octanol–water partition coefficient (Wildman–Crippen LogP) is 3.96. The molecule has 1 heterocycles. The van der Waals surface area contributed by atoms with Gasteiger partial charge in [-0.2, -0.15) is 0 Å². The Morgan fingerprint density at radius 1 is 1.12 bits per heavy atom. The molecule has 0 spiro atoms. The minimum absolute atomic E-state index is 0.0999. The van der Waals surface area contributed by atoms with E-state index in [1.54, 1.807) is 6.33 Å². The van der Waals surface area contributed by atoms with Gasteiger partial charge in [-0.25, -0.2) is 9.78 Å². The largest absolute Gasteiger partial charge is 0.465 e. The molecule has 1 aliphatic carbocycles. The summed E-state index contributed by atoms with van der Waals surface area (Å²) < 4.78 is 0. The molecule has 0 radical (unpaired) electrons. The summed E-state index contributed by atoms with van der Waals surface area (Å²) >= 11 is 0. The van der Waals surface area contributed by atoms with Gasteiger partial charge in [-0.15, -0.1) is 0 Å². The lowest BCUT2D eigenvalue weighted by Crippen LogP contribution is -2.25. The number of rotatable bonds is 5. The highest BCUT2D eigenvalue weighted by Gasteiger charge is 2.35. The number of hydrogen-bond donors (Lipinski definition) is 3. The molecule has 1 amide bonds. The summed E-state index contributed by atoms with van der Waals surface area (Å²) in [5.41, 5.74) is 6.05. The molecule has 0 saturated heterocycles. The van der Waals surface area contributed by atoms with Crippen LogP contribution in [0.25, 0.3) is 11.1 Å². The van der Waals surface area contributed by atoms with E-state index in [0.717, 1.165) is 5.69 Å². The first-order chi connectivity index (χ1) is 12.3. The second kappa shape index (κ2) is 6.43. The van der Waals surface area contributed by atoms with Crippen molar-refractivity contribution in [1.29, 1.82) is 0 Å². The summed E-state index contributed by atoms with van der Waals surface area (Å²) in [6.45, 7) is 0.397. The highest BCUT2D eigenvalue weighted by atomic mass is 16.4. The second-order valence-corrected chi connectivity index (χ2v) is 6.27. The fourth-order valence-corrected chi connectivity index (χ4v) is 3.92. The van der Waals surface area contributed by atoms with Gasteiger partial charge < -0.3 is 15.4 Å². The summed E-state index contributed by atoms with van der Waals surface area (Å²) in [4.78, 5) is 18.4. The normalized spacial score (nSPS) is 13.9. The number of imidazole rings is 1. The molecule has 1 unspecified atom stereocenters. The zero-order valence-electron chi connectivity index (χ0n) is 13.6. The monoisotopic (exact) mass is 333 g/mol. The Kier molecular flexibility index (Phi) is 3.98. The van der Waals surface area contributed by atoms with E-state index in [2.05, 4.69) is 63.8 Å². The van der Waals surface area contributed by atoms with Crippen LogP contribution in [0.15, 0.2) is 61.1 Å². The number of aromatic nitrogens is 2. The number of H-pyrrole nitrogens is 1. The SMILES string of the molecule is O=C(O)NCCC(c1c[nH]cn1)C1c2ccccc2-c2ccccc21. The molecule has 25 heavy (non-hydrogen) atoms. The van der Waals surface area contributed by atoms with Gasteiger partial charge in [-0.1, -0.05) is 48.5 Å². The van der Waals surface area contributed by atoms with E-state index in [-0.39, 0.29) is 11.8 Å². The zero-order chi connectivity index (χ0) is 17.2. The number of aromatic amines is 1. The van der Waals surface area contributed by atoms with Crippen LogP contribution < -0.4 is 5.32 Å². The third-order valence-electron chi connectivity index (χ3n) is 4.92. The van der Waals surface area contributed by atoms with Gasteiger partial charge >= 0.3 is 6.09 Å². The number of hydrogen-bond acceptors (Lipinski definition) is 2. The van der Waals surface area contributed by atoms with Crippen molar-refractivity contribution in [2.45, 2.75) is 18.3 Å². The molecule has 5 heteroatoms. The van der Waals surface area contributed by atoms with Crippen molar-refractivity contribution in [3.05, 3.63) is 77.9 Å². The summed E-state index contributed by atoms with van der Waals surface area (Å²) in [7, 11) is 0. The molecular weight excluding hydrogens is 314 g/mol. The summed E-state index contributed by atoms with van der Waals surface area (Å²) in [6.07, 6.45) is 3.28. The average Bonchev–Trinajstić information content (AvgIpc) is 3.26. The van der Waals surface area contributed by atoms with Crippen molar-refractivity contribution >= 4 is 6.09 Å². The van der Waals surface area contributed by atoms with Crippen LogP contribution in [-0.4, -0.2) is 27.7 Å². The van der Waals surface area contributed by atoms with Gasteiger partial charge in [0.15, 0.2) is 0 Å². The van der Waals surface area contributed by atoms with Gasteiger partial charge in [-0.3, -0.25) is 0 Å². The van der Waals surface area contributed by atoms with E-state index in [1.807, 2.05) is 6.20 Å². The first-order valence-electron chi connectivity index (χ1n) is 8.39. The molecule has 0 bridgehead atoms. The molecule has 0 fully saturated rings. The maximum Gasteiger partial charge on any atom is 0.404 e. The van der Waals surface area contributed by atoms with Gasteiger partial charge in [0, 0.05) is 24.6 Å². The van der Waals surface area contributed by atoms with Gasteiger partial charge in [0.25, 0.3) is 0 Å². The second-order valence-electron chi connectivity index (χ2n) is 6.27. The Hall–Kier alpha value is -3.08. The molecule has 1 aliphatic rings. The molecule has 3 N–H and O–H groups in total. The van der Waals surface area contributed by atoms with Crippen molar-refractivity contribution in [1.82, 2.24) is 15.3 Å². The lowest BCUT2D eigenvalue weighted by molar-refractivity contribution is 0.194. The molecule has 5 nitrogen and oxygen atoms in total. The first kappa shape index (κ1) is 15.4. The molecule has 126 valence electrons. The number of nitrogens with zero attached hydrogens (tertiary/aromatic N) is 1. The van der Waals surface area contributed by atoms with E-state index in [4.69, 9.17) is 5.11 Å². The Morgan fingerprint density at radius 2 is 1.76 bits per heavy atom. The summed E-state index contributed by atoms with van der Waals surface area (Å²) in [5.74, 6) is 0.272. The van der Waals surface area contributed by atoms with Crippen LogP contribution in [0, 0.1) is 0 Å². The van der Waals surface area contributed by atoms with E-state index in [1.165, 1.54) is 22.3 Å². The van der Waals surface area contributed by atoms with Crippen LogP contribution in [0.3, 0.4) is 0 Å². The number of carboxylic acid groups (broad SMARTS) is 1. The van der Waals surface area contributed by atoms with Crippen LogP contribution >= 0.6 is 0 Å². The van der Waals surface area contributed by atoms with Crippen molar-refractivity contribution in [3.63, 3.8) is 0 Å². The Labute approximate surface area is 145 Å². The van der Waals surface area contributed by atoms with Crippen LogP contribution in [0.4, 0.5) is 4.79 Å². The number of nitrogens with one attached hydrogen (secondary N) is 2. The van der Waals surface area contributed by atoms with Gasteiger partial charge in [-0.05, 0) is 28.7 Å². The van der Waals surface area contributed by atoms with E-state index in [9.17, 15) is 4.79 Å². The number of benzene rings is 2. The number of carbonyl (C=O) groups is 1. The highest BCUT2D eigenvalue weighted by Crippen LogP contribution is 2.51. The topological polar surface area (TPSA) is 78.0 Å². The van der Waals surface area contributed by atoms with Crippen LogP contribution in [0.5, 0.6) is 0 Å². The average molecular weight is 333 g/mol. The number of amides is 1. The Bertz CT molecular complexity index is 844. The Balaban J connectivity index is 1.77. The fraction of sp³-hybridized carbons (Fsp3) is 0.200. The smallest absolute Gasteiger partial charge is 0.404 e. The van der Waals surface area contributed by atoms with Crippen LogP contribution in [-0.2, 0) is 0 Å². The first-order valence-corrected chi connectivity index (χ1v) is 8.39. The minimum atomic E-state index is -0.993. The maximum absolute atomic E-state index is 10.9. The van der Waals surface area contributed by atoms with Crippen molar-refractivity contribution in [3.8, 4) is 11.1 Å². The molecule has 4 rings (SSSR count). The van der Waals surface area contributed by atoms with E-state index in [0.29, 0.717) is 13.0 Å². The Morgan fingerprint density at radius 3 is 2.32 bits per heavy atom. The minimum Gasteiger partial charge on any atom is -0.465 e. The lowest BCUT2D eigenvalue weighted by atomic mass is 9.80. The molecule has 1 atom stereocenters. The van der Waals surface area contributed by atoms with Crippen LogP contribution in [0.2, 0.25) is 0 Å². The quantitative estimate of drug-likeness (QED) is 0.661. The molecule has 3 aromatic rings. The fourth-order valence-electron chi connectivity index (χ4n) is 3.92.